The van der Waals surface area contributed by atoms with Crippen LogP contribution in [0.2, 0.25) is 0 Å². The molecule has 21 heavy (non-hydrogen) atoms. The molecule has 0 saturated carbocycles. The van der Waals surface area contributed by atoms with Crippen molar-refractivity contribution < 1.29 is 9.47 Å². The molecular weight excluding hydrogens is 284 g/mol. The minimum atomic E-state index is 0.656. The fourth-order valence-electron chi connectivity index (χ4n) is 2.12. The van der Waals surface area contributed by atoms with Crippen LogP contribution in [0.5, 0.6) is 11.5 Å². The molecule has 0 bridgehead atoms. The molecule has 108 valence electrons. The van der Waals surface area contributed by atoms with Crippen LogP contribution < -0.4 is 14.8 Å². The smallest absolute Gasteiger partial charge is 0.142 e. The van der Waals surface area contributed by atoms with Gasteiger partial charge in [0.15, 0.2) is 0 Å². The van der Waals surface area contributed by atoms with E-state index >= 15 is 0 Å². The monoisotopic (exact) mass is 300 g/mol. The maximum atomic E-state index is 5.36. The van der Waals surface area contributed by atoms with E-state index in [1.807, 2.05) is 36.4 Å². The summed E-state index contributed by atoms with van der Waals surface area (Å²) in [6.07, 6.45) is 0. The average molecular weight is 300 g/mol. The predicted molar refractivity (Wildman–Crippen MR) is 86.5 cm³/mol. The minimum absolute atomic E-state index is 0.656. The lowest BCUT2D eigenvalue weighted by atomic mass is 10.2. The Morgan fingerprint density at radius 2 is 1.95 bits per heavy atom. The lowest BCUT2D eigenvalue weighted by molar-refractivity contribution is 0.404. The summed E-state index contributed by atoms with van der Waals surface area (Å²) in [5.74, 6) is 1.58. The van der Waals surface area contributed by atoms with Gasteiger partial charge in [0.05, 0.1) is 36.7 Å². The molecule has 3 rings (SSSR count). The first kappa shape index (κ1) is 13.7. The number of hydrogen-bond acceptors (Lipinski definition) is 5. The third-order valence-corrected chi connectivity index (χ3v) is 4.21. The van der Waals surface area contributed by atoms with Crippen LogP contribution in [0, 0.1) is 0 Å². The molecule has 1 heterocycles. The summed E-state index contributed by atoms with van der Waals surface area (Å²) in [4.78, 5) is 4.61. The second kappa shape index (κ2) is 6.01. The molecule has 0 amide bonds. The number of rotatable bonds is 5. The molecular formula is C16H16N2O2S. The highest BCUT2D eigenvalue weighted by molar-refractivity contribution is 7.18. The molecule has 0 fully saturated rings. The van der Waals surface area contributed by atoms with Crippen molar-refractivity contribution in [2.24, 2.45) is 0 Å². The number of thiazole rings is 1. The first-order chi connectivity index (χ1) is 10.3. The van der Waals surface area contributed by atoms with Gasteiger partial charge in [0.25, 0.3) is 0 Å². The van der Waals surface area contributed by atoms with Crippen LogP contribution in [-0.4, -0.2) is 19.2 Å². The van der Waals surface area contributed by atoms with Crippen LogP contribution in [0.1, 0.15) is 5.01 Å². The number of fused-ring (bicyclic) bond motifs is 1. The van der Waals surface area contributed by atoms with Gasteiger partial charge in [-0.2, -0.15) is 0 Å². The summed E-state index contributed by atoms with van der Waals surface area (Å²) in [5.41, 5.74) is 1.94. The van der Waals surface area contributed by atoms with Gasteiger partial charge in [-0.25, -0.2) is 4.98 Å². The molecule has 0 spiro atoms. The first-order valence-electron chi connectivity index (χ1n) is 6.60. The van der Waals surface area contributed by atoms with Crippen LogP contribution in [0.15, 0.2) is 42.5 Å². The van der Waals surface area contributed by atoms with E-state index in [0.717, 1.165) is 27.7 Å². The number of ether oxygens (including phenoxy) is 2. The standard InChI is InChI=1S/C16H16N2O2S/c1-19-11-7-8-14(20-2)13(9-11)17-10-16-18-12-5-3-4-6-15(12)21-16/h3-9,17H,10H2,1-2H3. The zero-order chi connectivity index (χ0) is 14.7. The normalized spacial score (nSPS) is 10.6. The van der Waals surface area contributed by atoms with Gasteiger partial charge in [-0.05, 0) is 24.3 Å². The maximum Gasteiger partial charge on any atom is 0.142 e. The number of hydrogen-bond donors (Lipinski definition) is 1. The van der Waals surface area contributed by atoms with Crippen molar-refractivity contribution in [2.75, 3.05) is 19.5 Å². The number of nitrogens with zero attached hydrogens (tertiary/aromatic N) is 1. The summed E-state index contributed by atoms with van der Waals surface area (Å²) in [7, 11) is 3.31. The Labute approximate surface area is 127 Å². The van der Waals surface area contributed by atoms with Crippen molar-refractivity contribution >= 4 is 27.2 Å². The van der Waals surface area contributed by atoms with Crippen LogP contribution in [0.3, 0.4) is 0 Å². The van der Waals surface area contributed by atoms with Gasteiger partial charge in [-0.1, -0.05) is 12.1 Å². The molecule has 2 aromatic carbocycles. The Morgan fingerprint density at radius 3 is 2.71 bits per heavy atom. The lowest BCUT2D eigenvalue weighted by Crippen LogP contribution is -2.01. The average Bonchev–Trinajstić information content (AvgIpc) is 2.95. The second-order valence-electron chi connectivity index (χ2n) is 4.50. The van der Waals surface area contributed by atoms with E-state index in [-0.39, 0.29) is 0 Å². The number of aromatic nitrogens is 1. The number of nitrogens with one attached hydrogen (secondary N) is 1. The van der Waals surface area contributed by atoms with Crippen molar-refractivity contribution in [1.82, 2.24) is 4.98 Å². The molecule has 0 aliphatic carbocycles. The first-order valence-corrected chi connectivity index (χ1v) is 7.42. The zero-order valence-electron chi connectivity index (χ0n) is 11.9. The molecule has 1 aromatic heterocycles. The molecule has 5 heteroatoms. The van der Waals surface area contributed by atoms with Gasteiger partial charge in [-0.3, -0.25) is 0 Å². The molecule has 0 aliphatic heterocycles. The van der Waals surface area contributed by atoms with Gasteiger partial charge in [0.2, 0.25) is 0 Å². The van der Waals surface area contributed by atoms with Crippen molar-refractivity contribution in [3.63, 3.8) is 0 Å². The van der Waals surface area contributed by atoms with Gasteiger partial charge in [0.1, 0.15) is 16.5 Å². The van der Waals surface area contributed by atoms with Crippen LogP contribution in [0.4, 0.5) is 5.69 Å². The highest BCUT2D eigenvalue weighted by atomic mass is 32.1. The van der Waals surface area contributed by atoms with Gasteiger partial charge in [0, 0.05) is 6.07 Å². The maximum absolute atomic E-state index is 5.36. The molecule has 4 nitrogen and oxygen atoms in total. The lowest BCUT2D eigenvalue weighted by Gasteiger charge is -2.11. The third kappa shape index (κ3) is 2.92. The van der Waals surface area contributed by atoms with Gasteiger partial charge < -0.3 is 14.8 Å². The van der Waals surface area contributed by atoms with E-state index in [0.29, 0.717) is 6.54 Å². The number of anilines is 1. The predicted octanol–water partition coefficient (Wildman–Crippen LogP) is 3.93. The quantitative estimate of drug-likeness (QED) is 0.775. The molecule has 1 N–H and O–H groups in total. The van der Waals surface area contributed by atoms with E-state index in [4.69, 9.17) is 9.47 Å². The summed E-state index contributed by atoms with van der Waals surface area (Å²) in [6.45, 7) is 0.656. The van der Waals surface area contributed by atoms with E-state index in [9.17, 15) is 0 Å². The number of para-hydroxylation sites is 1. The summed E-state index contributed by atoms with van der Waals surface area (Å²) in [5, 5.41) is 4.40. The summed E-state index contributed by atoms with van der Waals surface area (Å²) < 4.78 is 11.8. The Bertz CT molecular complexity index is 722. The van der Waals surface area contributed by atoms with Crippen LogP contribution in [-0.2, 0) is 6.54 Å². The molecule has 0 unspecified atom stereocenters. The fourth-order valence-corrected chi connectivity index (χ4v) is 3.03. The highest BCUT2D eigenvalue weighted by Gasteiger charge is 2.07. The fraction of sp³-hybridized carbons (Fsp3) is 0.188. The second-order valence-corrected chi connectivity index (χ2v) is 5.61. The Balaban J connectivity index is 1.80. The van der Waals surface area contributed by atoms with Crippen molar-refractivity contribution in [3.8, 4) is 11.5 Å². The Hall–Kier alpha value is -2.27. The van der Waals surface area contributed by atoms with E-state index in [1.165, 1.54) is 4.70 Å². The highest BCUT2D eigenvalue weighted by Crippen LogP contribution is 2.30. The van der Waals surface area contributed by atoms with Gasteiger partial charge in [-0.15, -0.1) is 11.3 Å². The number of methoxy groups -OCH3 is 2. The third-order valence-electron chi connectivity index (χ3n) is 3.17. The van der Waals surface area contributed by atoms with E-state index in [2.05, 4.69) is 16.4 Å². The van der Waals surface area contributed by atoms with Crippen molar-refractivity contribution in [2.45, 2.75) is 6.54 Å². The molecule has 0 atom stereocenters. The molecule has 0 aliphatic rings. The largest absolute Gasteiger partial charge is 0.497 e. The zero-order valence-corrected chi connectivity index (χ0v) is 12.7. The Kier molecular flexibility index (Phi) is 3.92. The topological polar surface area (TPSA) is 43.4 Å². The summed E-state index contributed by atoms with van der Waals surface area (Å²) >= 11 is 1.69. The minimum Gasteiger partial charge on any atom is -0.497 e. The summed E-state index contributed by atoms with van der Waals surface area (Å²) in [6, 6.07) is 13.8. The molecule has 0 radical (unpaired) electrons. The Morgan fingerprint density at radius 1 is 1.10 bits per heavy atom. The SMILES string of the molecule is COc1ccc(OC)c(NCc2nc3ccccc3s2)c1. The van der Waals surface area contributed by atoms with E-state index < -0.39 is 0 Å². The van der Waals surface area contributed by atoms with E-state index in [1.54, 1.807) is 25.6 Å². The molecule has 0 saturated heterocycles. The van der Waals surface area contributed by atoms with Gasteiger partial charge >= 0.3 is 0 Å². The number of benzene rings is 2. The molecule has 3 aromatic rings. The van der Waals surface area contributed by atoms with Crippen molar-refractivity contribution in [3.05, 3.63) is 47.5 Å². The van der Waals surface area contributed by atoms with Crippen molar-refractivity contribution in [1.29, 1.82) is 0 Å². The van der Waals surface area contributed by atoms with Crippen LogP contribution in [0.25, 0.3) is 10.2 Å². The van der Waals surface area contributed by atoms with Crippen LogP contribution >= 0.6 is 11.3 Å².